The zero-order valence-electron chi connectivity index (χ0n) is 29.0. The zero-order valence-corrected chi connectivity index (χ0v) is 30.6. The third kappa shape index (κ3) is 10.9. The summed E-state index contributed by atoms with van der Waals surface area (Å²) in [4.78, 5) is 30.8. The van der Waals surface area contributed by atoms with E-state index in [0.29, 0.717) is 46.5 Å². The van der Waals surface area contributed by atoms with E-state index in [4.69, 9.17) is 30.5 Å². The molecule has 48 heavy (non-hydrogen) atoms. The monoisotopic (exact) mass is 700 g/mol. The van der Waals surface area contributed by atoms with Gasteiger partial charge in [0.2, 0.25) is 0 Å². The summed E-state index contributed by atoms with van der Waals surface area (Å²) >= 11 is 6.55. The molecule has 0 bridgehead atoms. The molecule has 3 aromatic carbocycles. The number of aryl methyl sites for hydroxylation is 1. The Labute approximate surface area is 297 Å². The Kier molecular flexibility index (Phi) is 15.1. The first kappa shape index (κ1) is 39.1. The van der Waals surface area contributed by atoms with Gasteiger partial charge in [-0.05, 0) is 75.0 Å². The lowest BCUT2D eigenvalue weighted by Crippen LogP contribution is -2.44. The van der Waals surface area contributed by atoms with Crippen molar-refractivity contribution in [1.29, 1.82) is 0 Å². The van der Waals surface area contributed by atoms with E-state index >= 15 is 0 Å². The number of hydrogen-bond acceptors (Lipinski definition) is 7. The molecule has 2 atom stereocenters. The summed E-state index contributed by atoms with van der Waals surface area (Å²) in [5.74, 6) is 0.274. The minimum absolute atomic E-state index is 0. The number of ether oxygens (including phenoxy) is 4. The fourth-order valence-electron chi connectivity index (χ4n) is 5.85. The topological polar surface area (TPSA) is 77.5 Å². The molecule has 4 rings (SSSR count). The van der Waals surface area contributed by atoms with E-state index in [0.717, 1.165) is 32.4 Å². The predicted octanol–water partition coefficient (Wildman–Crippen LogP) is 7.92. The number of para-hydroxylation sites is 1. The smallest absolute Gasteiger partial charge is 0.308 e. The highest BCUT2D eigenvalue weighted by Gasteiger charge is 2.40. The average Bonchev–Trinajstić information content (AvgIpc) is 3.13. The quantitative estimate of drug-likeness (QED) is 0.118. The molecular formula is C38H50Cl2N2O6. The first-order valence-electron chi connectivity index (χ1n) is 16.4. The molecule has 0 N–H and O–H groups in total. The van der Waals surface area contributed by atoms with E-state index in [9.17, 15) is 9.59 Å². The molecule has 3 aromatic rings. The highest BCUT2D eigenvalue weighted by atomic mass is 35.5. The van der Waals surface area contributed by atoms with Gasteiger partial charge in [-0.3, -0.25) is 9.59 Å². The lowest BCUT2D eigenvalue weighted by molar-refractivity contribution is -0.151. The van der Waals surface area contributed by atoms with Gasteiger partial charge in [0.25, 0.3) is 5.91 Å². The molecule has 0 aliphatic carbocycles. The lowest BCUT2D eigenvalue weighted by atomic mass is 9.94. The molecule has 262 valence electrons. The van der Waals surface area contributed by atoms with Gasteiger partial charge in [-0.25, -0.2) is 0 Å². The summed E-state index contributed by atoms with van der Waals surface area (Å²) < 4.78 is 24.0. The molecule has 0 spiro atoms. The van der Waals surface area contributed by atoms with Gasteiger partial charge in [-0.1, -0.05) is 74.8 Å². The van der Waals surface area contributed by atoms with Crippen LogP contribution in [0.1, 0.15) is 69.8 Å². The summed E-state index contributed by atoms with van der Waals surface area (Å²) in [6.07, 6.45) is 0.917. The van der Waals surface area contributed by atoms with Gasteiger partial charge in [0.1, 0.15) is 12.2 Å². The minimum Gasteiger partial charge on any atom is -0.492 e. The van der Waals surface area contributed by atoms with Gasteiger partial charge >= 0.3 is 5.97 Å². The number of nitrogens with zero attached hydrogens (tertiary/aromatic N) is 2. The van der Waals surface area contributed by atoms with Gasteiger partial charge < -0.3 is 28.7 Å². The number of fused-ring (bicyclic) bond motifs is 1. The van der Waals surface area contributed by atoms with Crippen molar-refractivity contribution in [2.45, 2.75) is 65.6 Å². The summed E-state index contributed by atoms with van der Waals surface area (Å²) in [5.41, 5.74) is 3.17. The molecular weight excluding hydrogens is 651 g/mol. The fourth-order valence-corrected chi connectivity index (χ4v) is 6.03. The maximum absolute atomic E-state index is 14.1. The molecule has 1 aliphatic rings. The summed E-state index contributed by atoms with van der Waals surface area (Å²) in [6, 6.07) is 21.6. The van der Waals surface area contributed by atoms with Gasteiger partial charge in [-0.15, -0.1) is 12.4 Å². The van der Waals surface area contributed by atoms with Crippen molar-refractivity contribution in [3.05, 3.63) is 88.4 Å². The third-order valence-electron chi connectivity index (χ3n) is 7.98. The Morgan fingerprint density at radius 2 is 1.73 bits per heavy atom. The van der Waals surface area contributed by atoms with Crippen molar-refractivity contribution in [3.63, 3.8) is 0 Å². The minimum atomic E-state index is -1.08. The fraction of sp³-hybridized carbons (Fsp3) is 0.474. The zero-order chi connectivity index (χ0) is 34.0. The van der Waals surface area contributed by atoms with E-state index in [1.807, 2.05) is 36.4 Å². The first-order valence-corrected chi connectivity index (χ1v) is 16.8. The largest absolute Gasteiger partial charge is 0.492 e. The van der Waals surface area contributed by atoms with Gasteiger partial charge in [-0.2, -0.15) is 0 Å². The van der Waals surface area contributed by atoms with Crippen molar-refractivity contribution in [2.75, 3.05) is 51.9 Å². The van der Waals surface area contributed by atoms with E-state index in [1.54, 1.807) is 25.0 Å². The molecule has 0 radical (unpaired) electrons. The van der Waals surface area contributed by atoms with Crippen LogP contribution in [0.2, 0.25) is 5.02 Å². The van der Waals surface area contributed by atoms with Gasteiger partial charge in [0.15, 0.2) is 11.5 Å². The Hall–Kier alpha value is -3.30. The Morgan fingerprint density at radius 1 is 1.00 bits per heavy atom. The van der Waals surface area contributed by atoms with E-state index < -0.39 is 18.2 Å². The maximum atomic E-state index is 14.1. The van der Waals surface area contributed by atoms with Crippen molar-refractivity contribution >= 4 is 41.6 Å². The normalized spacial score (nSPS) is 16.2. The summed E-state index contributed by atoms with van der Waals surface area (Å²) in [5, 5.41) is 0.503. The second-order valence-electron chi connectivity index (χ2n) is 13.2. The van der Waals surface area contributed by atoms with Crippen LogP contribution in [0.25, 0.3) is 0 Å². The number of amides is 1. The van der Waals surface area contributed by atoms with Crippen LogP contribution >= 0.6 is 24.0 Å². The van der Waals surface area contributed by atoms with Crippen LogP contribution in [-0.4, -0.2) is 69.9 Å². The van der Waals surface area contributed by atoms with Crippen molar-refractivity contribution in [3.8, 4) is 11.5 Å². The molecule has 2 unspecified atom stereocenters. The standard InChI is InChI=1S/C38H49ClN2O6.ClH/c1-7-45-34(42)25-33-37(43)41(26-38(2,3)4)31-20-19-28(39)24-30(31)35(47-33)29-17-11-18-32(36(29)44-6)46-23-13-22-40(5)21-12-16-27-14-9-8-10-15-27;/h8-11,14-15,17-20,24,33,35H,7,12-13,16,21-23,25-26H2,1-6H3;1H. The van der Waals surface area contributed by atoms with Crippen molar-refractivity contribution < 1.29 is 28.5 Å². The molecule has 10 heteroatoms. The first-order chi connectivity index (χ1) is 22.5. The molecule has 0 aromatic heterocycles. The highest BCUT2D eigenvalue weighted by molar-refractivity contribution is 6.30. The van der Waals surface area contributed by atoms with E-state index in [1.165, 1.54) is 5.56 Å². The van der Waals surface area contributed by atoms with Crippen LogP contribution in [0.4, 0.5) is 5.69 Å². The number of anilines is 1. The van der Waals surface area contributed by atoms with Crippen LogP contribution in [0.5, 0.6) is 11.5 Å². The molecule has 1 heterocycles. The molecule has 0 fully saturated rings. The van der Waals surface area contributed by atoms with Crippen LogP contribution in [-0.2, 0) is 25.5 Å². The number of halogens is 2. The Balaban J connectivity index is 0.00000625. The summed E-state index contributed by atoms with van der Waals surface area (Å²) in [6.45, 7) is 10.9. The number of esters is 1. The molecule has 8 nitrogen and oxygen atoms in total. The molecule has 1 aliphatic heterocycles. The Bertz CT molecular complexity index is 1480. The SMILES string of the molecule is CCOC(=O)CC1OC(c2cccc(OCCCN(C)CCCc3ccccc3)c2OC)c2cc(Cl)ccc2N(CC(C)(C)C)C1=O.Cl. The second-order valence-corrected chi connectivity index (χ2v) is 13.6. The highest BCUT2D eigenvalue weighted by Crippen LogP contribution is 2.45. The summed E-state index contributed by atoms with van der Waals surface area (Å²) in [7, 11) is 3.73. The predicted molar refractivity (Wildman–Crippen MR) is 194 cm³/mol. The second kappa shape index (κ2) is 18.5. The lowest BCUT2D eigenvalue weighted by Gasteiger charge is -2.31. The molecule has 0 saturated carbocycles. The third-order valence-corrected chi connectivity index (χ3v) is 8.22. The van der Waals surface area contributed by atoms with E-state index in [2.05, 4.69) is 57.0 Å². The molecule has 1 amide bonds. The van der Waals surface area contributed by atoms with Crippen molar-refractivity contribution in [2.24, 2.45) is 5.41 Å². The Morgan fingerprint density at radius 3 is 2.42 bits per heavy atom. The number of methoxy groups -OCH3 is 1. The van der Waals surface area contributed by atoms with Crippen LogP contribution < -0.4 is 14.4 Å². The average molecular weight is 702 g/mol. The van der Waals surface area contributed by atoms with Gasteiger partial charge in [0.05, 0.1) is 26.7 Å². The maximum Gasteiger partial charge on any atom is 0.308 e. The van der Waals surface area contributed by atoms with Crippen molar-refractivity contribution in [1.82, 2.24) is 4.90 Å². The van der Waals surface area contributed by atoms with Crippen LogP contribution in [0, 0.1) is 5.41 Å². The number of benzene rings is 3. The number of rotatable bonds is 15. The van der Waals surface area contributed by atoms with E-state index in [-0.39, 0.29) is 36.8 Å². The molecule has 0 saturated heterocycles. The van der Waals surface area contributed by atoms with Gasteiger partial charge in [0, 0.05) is 34.9 Å². The number of carbonyl (C=O) groups excluding carboxylic acids is 2. The van der Waals surface area contributed by atoms with Crippen LogP contribution in [0.15, 0.2) is 66.7 Å². The van der Waals surface area contributed by atoms with Crippen LogP contribution in [0.3, 0.4) is 0 Å². The number of hydrogen-bond donors (Lipinski definition) is 0. The number of carbonyl (C=O) groups is 2.